The standard InChI is InChI=1S/C15H20O3/c1-5-6-9-15(2,16)11-12-7-8-13(17-3)14(10-12)18-4/h1,7-8,10,16H,6,9,11H2,2-4H3. The molecule has 0 fully saturated rings. The molecule has 0 bridgehead atoms. The predicted octanol–water partition coefficient (Wildman–Crippen LogP) is 2.41. The fourth-order valence-electron chi connectivity index (χ4n) is 1.86. The summed E-state index contributed by atoms with van der Waals surface area (Å²) in [6.45, 7) is 1.79. The third kappa shape index (κ3) is 3.97. The van der Waals surface area contributed by atoms with Gasteiger partial charge in [0, 0.05) is 12.8 Å². The maximum Gasteiger partial charge on any atom is 0.160 e. The van der Waals surface area contributed by atoms with Crippen LogP contribution in [0.2, 0.25) is 0 Å². The number of methoxy groups -OCH3 is 2. The molecular formula is C15H20O3. The Labute approximate surface area is 109 Å². The number of rotatable bonds is 6. The van der Waals surface area contributed by atoms with E-state index in [-0.39, 0.29) is 0 Å². The van der Waals surface area contributed by atoms with Crippen molar-refractivity contribution >= 4 is 0 Å². The second kappa shape index (κ2) is 6.32. The first kappa shape index (κ1) is 14.4. The molecule has 3 nitrogen and oxygen atoms in total. The van der Waals surface area contributed by atoms with Gasteiger partial charge in [-0.25, -0.2) is 0 Å². The summed E-state index contributed by atoms with van der Waals surface area (Å²) in [4.78, 5) is 0. The molecule has 0 aliphatic carbocycles. The number of ether oxygens (including phenoxy) is 2. The molecule has 98 valence electrons. The molecule has 0 spiro atoms. The van der Waals surface area contributed by atoms with Crippen LogP contribution in [0.4, 0.5) is 0 Å². The van der Waals surface area contributed by atoms with E-state index in [2.05, 4.69) is 5.92 Å². The van der Waals surface area contributed by atoms with E-state index in [0.29, 0.717) is 30.8 Å². The molecule has 0 saturated heterocycles. The third-order valence-electron chi connectivity index (χ3n) is 2.84. The molecule has 18 heavy (non-hydrogen) atoms. The zero-order valence-corrected chi connectivity index (χ0v) is 11.2. The molecule has 0 amide bonds. The van der Waals surface area contributed by atoms with Crippen LogP contribution >= 0.6 is 0 Å². The molecule has 0 aliphatic rings. The molecule has 0 saturated carbocycles. The van der Waals surface area contributed by atoms with Gasteiger partial charge < -0.3 is 14.6 Å². The van der Waals surface area contributed by atoms with Gasteiger partial charge in [0.25, 0.3) is 0 Å². The Hall–Kier alpha value is -1.66. The second-order valence-electron chi connectivity index (χ2n) is 4.57. The maximum absolute atomic E-state index is 10.2. The maximum atomic E-state index is 10.2. The van der Waals surface area contributed by atoms with Gasteiger partial charge in [-0.1, -0.05) is 6.07 Å². The zero-order chi connectivity index (χ0) is 13.6. The summed E-state index contributed by atoms with van der Waals surface area (Å²) in [6.07, 6.45) is 6.90. The molecule has 0 heterocycles. The van der Waals surface area contributed by atoms with Crippen molar-refractivity contribution in [3.63, 3.8) is 0 Å². The predicted molar refractivity (Wildman–Crippen MR) is 71.9 cm³/mol. The van der Waals surface area contributed by atoms with Crippen molar-refractivity contribution < 1.29 is 14.6 Å². The summed E-state index contributed by atoms with van der Waals surface area (Å²) >= 11 is 0. The van der Waals surface area contributed by atoms with Crippen molar-refractivity contribution in [2.24, 2.45) is 0 Å². The highest BCUT2D eigenvalue weighted by molar-refractivity contribution is 5.43. The molecule has 0 radical (unpaired) electrons. The summed E-state index contributed by atoms with van der Waals surface area (Å²) in [5.74, 6) is 3.90. The minimum absolute atomic E-state index is 0.537. The van der Waals surface area contributed by atoms with E-state index in [1.54, 1.807) is 21.1 Å². The lowest BCUT2D eigenvalue weighted by atomic mass is 9.92. The molecule has 0 aliphatic heterocycles. The molecule has 3 heteroatoms. The van der Waals surface area contributed by atoms with E-state index >= 15 is 0 Å². The Morgan fingerprint density at radius 1 is 1.28 bits per heavy atom. The number of benzene rings is 1. The summed E-state index contributed by atoms with van der Waals surface area (Å²) in [5.41, 5.74) is 0.195. The largest absolute Gasteiger partial charge is 0.493 e. The summed E-state index contributed by atoms with van der Waals surface area (Å²) in [5, 5.41) is 10.2. The van der Waals surface area contributed by atoms with Crippen molar-refractivity contribution in [1.29, 1.82) is 0 Å². The molecule has 1 atom stereocenters. The van der Waals surface area contributed by atoms with Crippen LogP contribution in [-0.2, 0) is 6.42 Å². The van der Waals surface area contributed by atoms with Gasteiger partial charge in [0.15, 0.2) is 11.5 Å². The molecule has 0 aromatic heterocycles. The highest BCUT2D eigenvalue weighted by Crippen LogP contribution is 2.29. The number of aliphatic hydroxyl groups is 1. The topological polar surface area (TPSA) is 38.7 Å². The first-order chi connectivity index (χ1) is 8.52. The van der Waals surface area contributed by atoms with Crippen molar-refractivity contribution in [3.8, 4) is 23.8 Å². The van der Waals surface area contributed by atoms with Crippen molar-refractivity contribution in [1.82, 2.24) is 0 Å². The van der Waals surface area contributed by atoms with E-state index in [0.717, 1.165) is 5.56 Å². The van der Waals surface area contributed by atoms with Gasteiger partial charge in [-0.05, 0) is 31.0 Å². The lowest BCUT2D eigenvalue weighted by Gasteiger charge is -2.22. The molecule has 1 unspecified atom stereocenters. The van der Waals surface area contributed by atoms with Gasteiger partial charge >= 0.3 is 0 Å². The van der Waals surface area contributed by atoms with Crippen LogP contribution in [-0.4, -0.2) is 24.9 Å². The van der Waals surface area contributed by atoms with E-state index in [4.69, 9.17) is 15.9 Å². The van der Waals surface area contributed by atoms with Crippen LogP contribution in [0.15, 0.2) is 18.2 Å². The lowest BCUT2D eigenvalue weighted by molar-refractivity contribution is 0.0528. The van der Waals surface area contributed by atoms with Gasteiger partial charge in [0.05, 0.1) is 19.8 Å². The summed E-state index contributed by atoms with van der Waals surface area (Å²) in [6, 6.07) is 5.64. The second-order valence-corrected chi connectivity index (χ2v) is 4.57. The van der Waals surface area contributed by atoms with Crippen LogP contribution in [0.3, 0.4) is 0 Å². The lowest BCUT2D eigenvalue weighted by Crippen LogP contribution is -2.26. The Bertz CT molecular complexity index is 430. The fourth-order valence-corrected chi connectivity index (χ4v) is 1.86. The van der Waals surface area contributed by atoms with Crippen LogP contribution in [0.5, 0.6) is 11.5 Å². The van der Waals surface area contributed by atoms with Crippen LogP contribution in [0.1, 0.15) is 25.3 Å². The minimum Gasteiger partial charge on any atom is -0.493 e. The van der Waals surface area contributed by atoms with Gasteiger partial charge in [-0.2, -0.15) is 0 Å². The monoisotopic (exact) mass is 248 g/mol. The van der Waals surface area contributed by atoms with E-state index < -0.39 is 5.60 Å². The molecule has 1 N–H and O–H groups in total. The van der Waals surface area contributed by atoms with Crippen LogP contribution in [0.25, 0.3) is 0 Å². The molecular weight excluding hydrogens is 228 g/mol. The first-order valence-corrected chi connectivity index (χ1v) is 5.89. The van der Waals surface area contributed by atoms with E-state index in [1.807, 2.05) is 18.2 Å². The minimum atomic E-state index is -0.800. The van der Waals surface area contributed by atoms with Crippen LogP contribution in [0, 0.1) is 12.3 Å². The third-order valence-corrected chi connectivity index (χ3v) is 2.84. The highest BCUT2D eigenvalue weighted by atomic mass is 16.5. The van der Waals surface area contributed by atoms with Gasteiger partial charge in [0.1, 0.15) is 0 Å². The zero-order valence-electron chi connectivity index (χ0n) is 11.2. The SMILES string of the molecule is C#CCCC(C)(O)Cc1ccc(OC)c(OC)c1. The first-order valence-electron chi connectivity index (χ1n) is 5.89. The van der Waals surface area contributed by atoms with Crippen molar-refractivity contribution in [2.75, 3.05) is 14.2 Å². The smallest absolute Gasteiger partial charge is 0.160 e. The Morgan fingerprint density at radius 2 is 1.94 bits per heavy atom. The average molecular weight is 248 g/mol. The van der Waals surface area contributed by atoms with Gasteiger partial charge in [-0.15, -0.1) is 12.3 Å². The Kier molecular flexibility index (Phi) is 5.06. The van der Waals surface area contributed by atoms with Crippen molar-refractivity contribution in [3.05, 3.63) is 23.8 Å². The fraction of sp³-hybridized carbons (Fsp3) is 0.467. The molecule has 1 aromatic carbocycles. The van der Waals surface area contributed by atoms with E-state index in [1.165, 1.54) is 0 Å². The Balaban J connectivity index is 2.82. The molecule has 1 rings (SSSR count). The van der Waals surface area contributed by atoms with Gasteiger partial charge in [-0.3, -0.25) is 0 Å². The van der Waals surface area contributed by atoms with Crippen molar-refractivity contribution in [2.45, 2.75) is 31.8 Å². The number of terminal acetylenes is 1. The average Bonchev–Trinajstić information content (AvgIpc) is 2.35. The quantitative estimate of drug-likeness (QED) is 0.786. The normalized spacial score (nSPS) is 13.5. The summed E-state index contributed by atoms with van der Waals surface area (Å²) in [7, 11) is 3.19. The van der Waals surface area contributed by atoms with Crippen LogP contribution < -0.4 is 9.47 Å². The summed E-state index contributed by atoms with van der Waals surface area (Å²) < 4.78 is 10.4. The molecule has 1 aromatic rings. The van der Waals surface area contributed by atoms with Gasteiger partial charge in [0.2, 0.25) is 0 Å². The Morgan fingerprint density at radius 3 is 2.50 bits per heavy atom. The highest BCUT2D eigenvalue weighted by Gasteiger charge is 2.20. The van der Waals surface area contributed by atoms with E-state index in [9.17, 15) is 5.11 Å². The number of hydrogen-bond donors (Lipinski definition) is 1. The number of hydrogen-bond acceptors (Lipinski definition) is 3.